The molecule has 2 aliphatic carbocycles. The molecule has 4 rings (SSSR count). The molecular weight excluding hydrogens is 387 g/mol. The van der Waals surface area contributed by atoms with Crippen molar-refractivity contribution in [2.45, 2.75) is 64.1 Å². The van der Waals surface area contributed by atoms with Crippen LogP contribution in [0.15, 0.2) is 24.3 Å². The number of halogens is 5. The normalized spacial score (nSPS) is 27.7. The van der Waals surface area contributed by atoms with Gasteiger partial charge in [0, 0.05) is 0 Å². The minimum absolute atomic E-state index is 0.211. The molecule has 0 amide bonds. The molecule has 0 bridgehead atoms. The fourth-order valence-electron chi connectivity index (χ4n) is 5.47. The van der Waals surface area contributed by atoms with Crippen LogP contribution in [0.2, 0.25) is 0 Å². The maximum absolute atomic E-state index is 14.7. The molecule has 0 radical (unpaired) electrons. The van der Waals surface area contributed by atoms with Gasteiger partial charge in [-0.25, -0.2) is 8.78 Å². The van der Waals surface area contributed by atoms with Gasteiger partial charge in [-0.2, -0.15) is 0 Å². The smallest absolute Gasteiger partial charge is 0.403 e. The average Bonchev–Trinajstić information content (AvgIpc) is 2.68. The maximum Gasteiger partial charge on any atom is 0.573 e. The lowest BCUT2D eigenvalue weighted by atomic mass is 9.63. The topological polar surface area (TPSA) is 9.23 Å². The molecule has 2 aromatic rings. The first-order valence-electron chi connectivity index (χ1n) is 10.4. The summed E-state index contributed by atoms with van der Waals surface area (Å²) in [5, 5.41) is -0.184. The van der Waals surface area contributed by atoms with Gasteiger partial charge in [-0.3, -0.25) is 0 Å². The van der Waals surface area contributed by atoms with Crippen LogP contribution in [0.4, 0.5) is 22.0 Å². The van der Waals surface area contributed by atoms with Gasteiger partial charge in [0.25, 0.3) is 0 Å². The Bertz CT molecular complexity index is 891. The van der Waals surface area contributed by atoms with Gasteiger partial charge in [-0.15, -0.1) is 13.2 Å². The van der Waals surface area contributed by atoms with E-state index in [9.17, 15) is 22.0 Å². The zero-order chi connectivity index (χ0) is 20.8. The molecule has 2 unspecified atom stereocenters. The van der Waals surface area contributed by atoms with Gasteiger partial charge in [0.15, 0.2) is 11.6 Å². The zero-order valence-corrected chi connectivity index (χ0v) is 16.4. The highest BCUT2D eigenvalue weighted by molar-refractivity contribution is 5.86. The van der Waals surface area contributed by atoms with Gasteiger partial charge in [0.2, 0.25) is 0 Å². The van der Waals surface area contributed by atoms with E-state index in [1.807, 2.05) is 0 Å². The Morgan fingerprint density at radius 3 is 2.41 bits per heavy atom. The molecule has 0 aromatic heterocycles. The fourth-order valence-corrected chi connectivity index (χ4v) is 5.47. The maximum atomic E-state index is 14.7. The summed E-state index contributed by atoms with van der Waals surface area (Å²) in [5.74, 6) is -0.733. The predicted octanol–water partition coefficient (Wildman–Crippen LogP) is 7.73. The monoisotopic (exact) mass is 412 g/mol. The van der Waals surface area contributed by atoms with Crippen molar-refractivity contribution in [2.24, 2.45) is 17.8 Å². The van der Waals surface area contributed by atoms with Crippen LogP contribution >= 0.6 is 0 Å². The number of alkyl halides is 3. The van der Waals surface area contributed by atoms with Gasteiger partial charge in [-0.05, 0) is 78.9 Å². The SMILES string of the molecule is CC[C@@H]1CC[C@@H]2CC(c3cc(F)c4c(F)c(OC(F)(F)F)ccc4c3)CCC2C1. The van der Waals surface area contributed by atoms with Crippen LogP contribution in [0.25, 0.3) is 10.8 Å². The van der Waals surface area contributed by atoms with Crippen molar-refractivity contribution in [2.75, 3.05) is 0 Å². The van der Waals surface area contributed by atoms with Gasteiger partial charge in [-0.1, -0.05) is 31.9 Å². The molecule has 6 heteroatoms. The summed E-state index contributed by atoms with van der Waals surface area (Å²) in [7, 11) is 0. The molecule has 1 nitrogen and oxygen atoms in total. The van der Waals surface area contributed by atoms with E-state index in [1.54, 1.807) is 6.07 Å². The van der Waals surface area contributed by atoms with Crippen LogP contribution in [0.1, 0.15) is 63.4 Å². The van der Waals surface area contributed by atoms with Crippen molar-refractivity contribution >= 4 is 10.8 Å². The molecule has 2 saturated carbocycles. The Kier molecular flexibility index (Phi) is 5.47. The molecule has 29 heavy (non-hydrogen) atoms. The minimum Gasteiger partial charge on any atom is -0.403 e. The minimum atomic E-state index is -5.03. The molecule has 0 heterocycles. The van der Waals surface area contributed by atoms with Crippen LogP contribution in [0, 0.1) is 29.4 Å². The van der Waals surface area contributed by atoms with Crippen molar-refractivity contribution in [1.29, 1.82) is 0 Å². The van der Waals surface area contributed by atoms with E-state index in [2.05, 4.69) is 11.7 Å². The number of hydrogen-bond acceptors (Lipinski definition) is 1. The first kappa shape index (κ1) is 20.4. The molecule has 0 spiro atoms. The third kappa shape index (κ3) is 4.22. The van der Waals surface area contributed by atoms with E-state index >= 15 is 0 Å². The van der Waals surface area contributed by atoms with Gasteiger partial charge >= 0.3 is 6.36 Å². The highest BCUT2D eigenvalue weighted by Gasteiger charge is 2.36. The predicted molar refractivity (Wildman–Crippen MR) is 102 cm³/mol. The molecule has 2 fully saturated rings. The Morgan fingerprint density at radius 1 is 0.966 bits per heavy atom. The molecule has 0 saturated heterocycles. The number of fused-ring (bicyclic) bond motifs is 2. The number of benzene rings is 2. The van der Waals surface area contributed by atoms with Crippen LogP contribution in [-0.2, 0) is 0 Å². The highest BCUT2D eigenvalue weighted by Crippen LogP contribution is 2.48. The van der Waals surface area contributed by atoms with E-state index in [0.717, 1.165) is 42.7 Å². The number of rotatable bonds is 3. The fraction of sp³-hybridized carbons (Fsp3) is 0.565. The van der Waals surface area contributed by atoms with Gasteiger partial charge in [0.05, 0.1) is 5.39 Å². The molecule has 2 aromatic carbocycles. The van der Waals surface area contributed by atoms with E-state index < -0.39 is 29.1 Å². The van der Waals surface area contributed by atoms with Crippen molar-refractivity contribution in [3.63, 3.8) is 0 Å². The summed E-state index contributed by atoms with van der Waals surface area (Å²) in [6.07, 6.45) is 3.05. The molecule has 0 N–H and O–H groups in total. The van der Waals surface area contributed by atoms with Gasteiger partial charge in [0.1, 0.15) is 5.82 Å². The Labute approximate surface area is 167 Å². The van der Waals surface area contributed by atoms with E-state index in [0.29, 0.717) is 5.92 Å². The van der Waals surface area contributed by atoms with Crippen molar-refractivity contribution in [3.05, 3.63) is 41.5 Å². The Hall–Kier alpha value is -1.85. The lowest BCUT2D eigenvalue weighted by molar-refractivity contribution is -0.275. The quantitative estimate of drug-likeness (QED) is 0.469. The first-order chi connectivity index (χ1) is 13.7. The Balaban J connectivity index is 1.59. The molecule has 4 atom stereocenters. The molecular formula is C23H25F5O. The standard InChI is InChI=1S/C23H25F5O/c1-2-13-3-4-15-10-16(6-5-14(15)9-13)18-11-17-7-8-20(29-23(26,27)28)22(25)21(17)19(24)12-18/h7-8,11-16H,2-6,9-10H2,1H3/t13-,14?,15-,16?/m1/s1. The average molecular weight is 412 g/mol. The third-order valence-corrected chi connectivity index (χ3v) is 6.99. The van der Waals surface area contributed by atoms with E-state index in [1.165, 1.54) is 37.8 Å². The lowest BCUT2D eigenvalue weighted by Crippen LogP contribution is -2.30. The molecule has 2 aliphatic rings. The van der Waals surface area contributed by atoms with Crippen LogP contribution in [-0.4, -0.2) is 6.36 Å². The molecule has 158 valence electrons. The third-order valence-electron chi connectivity index (χ3n) is 6.99. The van der Waals surface area contributed by atoms with E-state index in [4.69, 9.17) is 0 Å². The summed E-state index contributed by atoms with van der Waals surface area (Å²) in [4.78, 5) is 0. The van der Waals surface area contributed by atoms with E-state index in [-0.39, 0.29) is 11.3 Å². The van der Waals surface area contributed by atoms with Crippen LogP contribution in [0.5, 0.6) is 5.75 Å². The largest absolute Gasteiger partial charge is 0.573 e. The summed E-state index contributed by atoms with van der Waals surface area (Å²) >= 11 is 0. The summed E-state index contributed by atoms with van der Waals surface area (Å²) in [6, 6.07) is 5.23. The lowest BCUT2D eigenvalue weighted by Gasteiger charge is -2.42. The first-order valence-corrected chi connectivity index (χ1v) is 10.4. The second-order valence-corrected chi connectivity index (χ2v) is 8.64. The zero-order valence-electron chi connectivity index (χ0n) is 16.4. The molecule has 0 aliphatic heterocycles. The van der Waals surface area contributed by atoms with Crippen molar-refractivity contribution in [3.8, 4) is 5.75 Å². The highest BCUT2D eigenvalue weighted by atomic mass is 19.4. The number of hydrogen-bond donors (Lipinski definition) is 0. The number of ether oxygens (including phenoxy) is 1. The Morgan fingerprint density at radius 2 is 1.69 bits per heavy atom. The second kappa shape index (κ2) is 7.77. The summed E-state index contributed by atoms with van der Waals surface area (Å²) in [5.41, 5.74) is 0.815. The van der Waals surface area contributed by atoms with Crippen LogP contribution in [0.3, 0.4) is 0 Å². The summed E-state index contributed by atoms with van der Waals surface area (Å²) < 4.78 is 70.2. The van der Waals surface area contributed by atoms with Crippen molar-refractivity contribution in [1.82, 2.24) is 0 Å². The second-order valence-electron chi connectivity index (χ2n) is 8.64. The summed E-state index contributed by atoms with van der Waals surface area (Å²) in [6.45, 7) is 2.25. The van der Waals surface area contributed by atoms with Crippen LogP contribution < -0.4 is 4.74 Å². The van der Waals surface area contributed by atoms with Crippen molar-refractivity contribution < 1.29 is 26.7 Å². The van der Waals surface area contributed by atoms with Gasteiger partial charge < -0.3 is 4.74 Å².